The first kappa shape index (κ1) is 8.25. The molecule has 0 fully saturated rings. The molecule has 66 valence electrons. The van der Waals surface area contributed by atoms with Gasteiger partial charge in [0.05, 0.1) is 0 Å². The van der Waals surface area contributed by atoms with Gasteiger partial charge in [0, 0.05) is 10.0 Å². The summed E-state index contributed by atoms with van der Waals surface area (Å²) < 4.78 is 0.994. The second-order valence-corrected chi connectivity index (χ2v) is 3.47. The number of nitrogens with one attached hydrogen (secondary N) is 1. The van der Waals surface area contributed by atoms with Gasteiger partial charge in [-0.15, -0.1) is 0 Å². The molecule has 0 unspecified atom stereocenters. The molecule has 0 spiro atoms. The Morgan fingerprint density at radius 3 is 2.85 bits per heavy atom. The summed E-state index contributed by atoms with van der Waals surface area (Å²) in [6, 6.07) is 7.72. The molecule has 0 bridgehead atoms. The molecule has 0 aliphatic rings. The first-order valence-electron chi connectivity index (χ1n) is 3.69. The molecule has 0 radical (unpaired) electrons. The van der Waals surface area contributed by atoms with Gasteiger partial charge in [-0.05, 0) is 12.1 Å². The van der Waals surface area contributed by atoms with Gasteiger partial charge in [-0.2, -0.15) is 10.1 Å². The van der Waals surface area contributed by atoms with Gasteiger partial charge in [0.15, 0.2) is 5.82 Å². The molecule has 5 heteroatoms. The number of aromatic amines is 1. The van der Waals surface area contributed by atoms with Gasteiger partial charge in [0.1, 0.15) is 0 Å². The van der Waals surface area contributed by atoms with Gasteiger partial charge in [0.2, 0.25) is 5.95 Å². The van der Waals surface area contributed by atoms with Crippen LogP contribution in [0.2, 0.25) is 0 Å². The third-order valence-electron chi connectivity index (χ3n) is 1.59. The third-order valence-corrected chi connectivity index (χ3v) is 2.08. The zero-order chi connectivity index (χ0) is 9.26. The van der Waals surface area contributed by atoms with Crippen molar-refractivity contribution in [1.29, 1.82) is 0 Å². The van der Waals surface area contributed by atoms with E-state index in [9.17, 15) is 0 Å². The number of nitrogens with two attached hydrogens (primary N) is 1. The second kappa shape index (κ2) is 3.18. The van der Waals surface area contributed by atoms with Crippen molar-refractivity contribution < 1.29 is 0 Å². The van der Waals surface area contributed by atoms with E-state index in [2.05, 4.69) is 31.1 Å². The SMILES string of the molecule is Nc1nc(-c2cccc(Br)c2)n[nH]1. The van der Waals surface area contributed by atoms with Crippen LogP contribution in [0.25, 0.3) is 11.4 Å². The first-order valence-corrected chi connectivity index (χ1v) is 4.49. The van der Waals surface area contributed by atoms with Crippen LogP contribution >= 0.6 is 15.9 Å². The molecule has 3 N–H and O–H groups in total. The van der Waals surface area contributed by atoms with E-state index in [0.29, 0.717) is 11.8 Å². The van der Waals surface area contributed by atoms with Gasteiger partial charge >= 0.3 is 0 Å². The van der Waals surface area contributed by atoms with E-state index in [0.717, 1.165) is 10.0 Å². The van der Waals surface area contributed by atoms with Crippen LogP contribution in [-0.2, 0) is 0 Å². The van der Waals surface area contributed by atoms with Crippen molar-refractivity contribution in [2.45, 2.75) is 0 Å². The Labute approximate surface area is 83.3 Å². The minimum absolute atomic E-state index is 0.329. The predicted molar refractivity (Wildman–Crippen MR) is 53.9 cm³/mol. The summed E-state index contributed by atoms with van der Waals surface area (Å²) in [5, 5.41) is 6.53. The molecule has 0 saturated heterocycles. The van der Waals surface area contributed by atoms with Crippen LogP contribution in [0, 0.1) is 0 Å². The van der Waals surface area contributed by atoms with E-state index in [1.54, 1.807) is 0 Å². The second-order valence-electron chi connectivity index (χ2n) is 2.55. The van der Waals surface area contributed by atoms with Gasteiger partial charge in [-0.25, -0.2) is 5.10 Å². The summed E-state index contributed by atoms with van der Waals surface area (Å²) in [5.74, 6) is 0.939. The van der Waals surface area contributed by atoms with Crippen LogP contribution in [0.1, 0.15) is 0 Å². The van der Waals surface area contributed by atoms with E-state index in [1.165, 1.54) is 0 Å². The maximum atomic E-state index is 5.41. The summed E-state index contributed by atoms with van der Waals surface area (Å²) in [7, 11) is 0. The topological polar surface area (TPSA) is 67.6 Å². The Balaban J connectivity index is 2.46. The van der Waals surface area contributed by atoms with Gasteiger partial charge in [0.25, 0.3) is 0 Å². The number of halogens is 1. The van der Waals surface area contributed by atoms with Gasteiger partial charge in [-0.1, -0.05) is 28.1 Å². The number of aromatic nitrogens is 3. The zero-order valence-corrected chi connectivity index (χ0v) is 8.25. The van der Waals surface area contributed by atoms with Crippen LogP contribution in [0.15, 0.2) is 28.7 Å². The normalized spacial score (nSPS) is 10.2. The van der Waals surface area contributed by atoms with E-state index in [4.69, 9.17) is 5.73 Å². The lowest BCUT2D eigenvalue weighted by atomic mass is 10.2. The Hall–Kier alpha value is -1.36. The quantitative estimate of drug-likeness (QED) is 0.797. The van der Waals surface area contributed by atoms with Crippen molar-refractivity contribution in [2.75, 3.05) is 5.73 Å². The molecule has 1 heterocycles. The summed E-state index contributed by atoms with van der Waals surface area (Å²) in [5.41, 5.74) is 6.35. The van der Waals surface area contributed by atoms with E-state index in [-0.39, 0.29) is 0 Å². The maximum absolute atomic E-state index is 5.41. The summed E-state index contributed by atoms with van der Waals surface area (Å²) in [6.07, 6.45) is 0. The first-order chi connectivity index (χ1) is 6.25. The lowest BCUT2D eigenvalue weighted by Gasteiger charge is -1.94. The maximum Gasteiger partial charge on any atom is 0.216 e. The van der Waals surface area contributed by atoms with Crippen molar-refractivity contribution >= 4 is 21.9 Å². The Morgan fingerprint density at radius 2 is 2.23 bits per heavy atom. The lowest BCUT2D eigenvalue weighted by molar-refractivity contribution is 1.10. The molecule has 0 aliphatic heterocycles. The zero-order valence-electron chi connectivity index (χ0n) is 6.66. The van der Waals surface area contributed by atoms with Crippen molar-refractivity contribution in [3.05, 3.63) is 28.7 Å². The largest absolute Gasteiger partial charge is 0.368 e. The van der Waals surface area contributed by atoms with Crippen molar-refractivity contribution in [2.24, 2.45) is 0 Å². The van der Waals surface area contributed by atoms with Crippen LogP contribution in [0.3, 0.4) is 0 Å². The molecule has 13 heavy (non-hydrogen) atoms. The minimum Gasteiger partial charge on any atom is -0.368 e. The Bertz CT molecular complexity index is 424. The van der Waals surface area contributed by atoms with Crippen molar-refractivity contribution in [3.8, 4) is 11.4 Å². The number of hydrogen-bond donors (Lipinski definition) is 2. The standard InChI is InChI=1S/C8H7BrN4/c9-6-3-1-2-5(4-6)7-11-8(10)13-12-7/h1-4H,(H3,10,11,12,13). The average molecular weight is 239 g/mol. The molecule has 2 aromatic rings. The molecule has 0 atom stereocenters. The molecule has 0 amide bonds. The number of hydrogen-bond acceptors (Lipinski definition) is 3. The molecular weight excluding hydrogens is 232 g/mol. The fourth-order valence-corrected chi connectivity index (χ4v) is 1.43. The molecule has 0 saturated carbocycles. The van der Waals surface area contributed by atoms with E-state index >= 15 is 0 Å². The number of nitrogens with zero attached hydrogens (tertiary/aromatic N) is 2. The highest BCUT2D eigenvalue weighted by molar-refractivity contribution is 9.10. The number of benzene rings is 1. The van der Waals surface area contributed by atoms with Crippen molar-refractivity contribution in [1.82, 2.24) is 15.2 Å². The minimum atomic E-state index is 0.329. The summed E-state index contributed by atoms with van der Waals surface area (Å²) in [6.45, 7) is 0. The molecular formula is C8H7BrN4. The number of H-pyrrole nitrogens is 1. The summed E-state index contributed by atoms with van der Waals surface area (Å²) >= 11 is 3.37. The number of nitrogen functional groups attached to an aromatic ring is 1. The highest BCUT2D eigenvalue weighted by Crippen LogP contribution is 2.19. The molecule has 1 aromatic heterocycles. The predicted octanol–water partition coefficient (Wildman–Crippen LogP) is 1.82. The fraction of sp³-hybridized carbons (Fsp3) is 0. The monoisotopic (exact) mass is 238 g/mol. The Morgan fingerprint density at radius 1 is 1.38 bits per heavy atom. The Kier molecular flexibility index (Phi) is 2.02. The number of anilines is 1. The molecule has 2 rings (SSSR count). The van der Waals surface area contributed by atoms with Gasteiger partial charge in [-0.3, -0.25) is 0 Å². The highest BCUT2D eigenvalue weighted by atomic mass is 79.9. The molecule has 1 aromatic carbocycles. The van der Waals surface area contributed by atoms with Crippen LogP contribution in [0.4, 0.5) is 5.95 Å². The fourth-order valence-electron chi connectivity index (χ4n) is 1.03. The van der Waals surface area contributed by atoms with Crippen LogP contribution in [0.5, 0.6) is 0 Å². The smallest absolute Gasteiger partial charge is 0.216 e. The average Bonchev–Trinajstić information content (AvgIpc) is 2.52. The number of rotatable bonds is 1. The van der Waals surface area contributed by atoms with Crippen LogP contribution < -0.4 is 5.73 Å². The summed E-state index contributed by atoms with van der Waals surface area (Å²) in [4.78, 5) is 4.01. The highest BCUT2D eigenvalue weighted by Gasteiger charge is 2.03. The van der Waals surface area contributed by atoms with E-state index < -0.39 is 0 Å². The van der Waals surface area contributed by atoms with Crippen LogP contribution in [-0.4, -0.2) is 15.2 Å². The third kappa shape index (κ3) is 1.70. The van der Waals surface area contributed by atoms with E-state index in [1.807, 2.05) is 24.3 Å². The molecule has 0 aliphatic carbocycles. The lowest BCUT2D eigenvalue weighted by Crippen LogP contribution is -1.85. The van der Waals surface area contributed by atoms with Gasteiger partial charge < -0.3 is 5.73 Å². The van der Waals surface area contributed by atoms with Crippen molar-refractivity contribution in [3.63, 3.8) is 0 Å². The molecule has 4 nitrogen and oxygen atoms in total.